The lowest BCUT2D eigenvalue weighted by Gasteiger charge is -1.99. The number of fused-ring (bicyclic) bond motifs is 1. The number of nitrogen functional groups attached to an aromatic ring is 1. The minimum Gasteiger partial charge on any atom is -0.383 e. The summed E-state index contributed by atoms with van der Waals surface area (Å²) in [5.41, 5.74) is 7.39. The van der Waals surface area contributed by atoms with E-state index in [4.69, 9.17) is 5.73 Å². The van der Waals surface area contributed by atoms with E-state index in [0.29, 0.717) is 22.8 Å². The first-order chi connectivity index (χ1) is 10.2. The Kier molecular flexibility index (Phi) is 2.40. The molecule has 1 aliphatic carbocycles. The lowest BCUT2D eigenvalue weighted by Crippen LogP contribution is -2.13. The summed E-state index contributed by atoms with van der Waals surface area (Å²) in [7, 11) is 0. The maximum absolute atomic E-state index is 12.3. The van der Waals surface area contributed by atoms with Gasteiger partial charge < -0.3 is 11.1 Å². The van der Waals surface area contributed by atoms with Crippen molar-refractivity contribution in [2.75, 3.05) is 11.1 Å². The van der Waals surface area contributed by atoms with E-state index in [1.54, 1.807) is 0 Å². The Morgan fingerprint density at radius 2 is 2.14 bits per heavy atom. The van der Waals surface area contributed by atoms with E-state index in [9.17, 15) is 4.79 Å². The summed E-state index contributed by atoms with van der Waals surface area (Å²) in [6.07, 6.45) is 3.63. The molecule has 3 aromatic rings. The van der Waals surface area contributed by atoms with Crippen molar-refractivity contribution >= 4 is 28.6 Å². The molecule has 0 aromatic carbocycles. The number of rotatable bonds is 3. The third-order valence-corrected chi connectivity index (χ3v) is 3.46. The van der Waals surface area contributed by atoms with Crippen LogP contribution in [0.15, 0.2) is 12.4 Å². The fourth-order valence-corrected chi connectivity index (χ4v) is 2.23. The molecule has 0 spiro atoms. The summed E-state index contributed by atoms with van der Waals surface area (Å²) in [5.74, 6) is 0.808. The third-order valence-electron chi connectivity index (χ3n) is 3.46. The largest absolute Gasteiger partial charge is 0.383 e. The van der Waals surface area contributed by atoms with Crippen LogP contribution in [0.1, 0.15) is 34.9 Å². The number of carbonyl (C=O) groups is 1. The maximum atomic E-state index is 12.3. The molecule has 0 aliphatic heterocycles. The first-order valence-electron chi connectivity index (χ1n) is 6.53. The van der Waals surface area contributed by atoms with E-state index >= 15 is 0 Å². The van der Waals surface area contributed by atoms with Crippen LogP contribution in [0, 0.1) is 0 Å². The predicted octanol–water partition coefficient (Wildman–Crippen LogP) is 0.788. The van der Waals surface area contributed by atoms with Crippen molar-refractivity contribution in [3.63, 3.8) is 0 Å². The number of hydrogen-bond acceptors (Lipinski definition) is 6. The summed E-state index contributed by atoms with van der Waals surface area (Å²) in [5, 5.41) is 16.7. The van der Waals surface area contributed by atoms with Crippen molar-refractivity contribution in [1.29, 1.82) is 0 Å². The van der Waals surface area contributed by atoms with E-state index in [-0.39, 0.29) is 11.5 Å². The number of aromatic amines is 2. The highest BCUT2D eigenvalue weighted by Gasteiger charge is 2.26. The molecule has 0 atom stereocenters. The molecule has 0 unspecified atom stereocenters. The summed E-state index contributed by atoms with van der Waals surface area (Å²) < 4.78 is 0. The van der Waals surface area contributed by atoms with Crippen LogP contribution < -0.4 is 11.1 Å². The first kappa shape index (κ1) is 11.8. The molecule has 0 saturated heterocycles. The van der Waals surface area contributed by atoms with Gasteiger partial charge in [-0.2, -0.15) is 10.2 Å². The van der Waals surface area contributed by atoms with Gasteiger partial charge in [-0.25, -0.2) is 9.97 Å². The Morgan fingerprint density at radius 1 is 1.29 bits per heavy atom. The average molecular weight is 284 g/mol. The van der Waals surface area contributed by atoms with Crippen LogP contribution in [0.4, 0.5) is 11.6 Å². The summed E-state index contributed by atoms with van der Waals surface area (Å²) in [6.45, 7) is 0. The van der Waals surface area contributed by atoms with E-state index < -0.39 is 5.91 Å². The number of H-pyrrole nitrogens is 2. The lowest BCUT2D eigenvalue weighted by molar-refractivity contribution is 0.102. The highest BCUT2D eigenvalue weighted by Crippen LogP contribution is 2.39. The molecule has 0 bridgehead atoms. The van der Waals surface area contributed by atoms with Gasteiger partial charge in [-0.3, -0.25) is 15.0 Å². The number of nitrogens with two attached hydrogens (primary N) is 1. The monoisotopic (exact) mass is 284 g/mol. The van der Waals surface area contributed by atoms with Crippen LogP contribution in [0.5, 0.6) is 0 Å². The summed E-state index contributed by atoms with van der Waals surface area (Å²) >= 11 is 0. The average Bonchev–Trinajstić information content (AvgIpc) is 3.05. The normalized spacial score (nSPS) is 14.5. The van der Waals surface area contributed by atoms with Crippen molar-refractivity contribution in [2.24, 2.45) is 0 Å². The Balaban J connectivity index is 1.63. The van der Waals surface area contributed by atoms with Crippen molar-refractivity contribution < 1.29 is 4.79 Å². The topological polar surface area (TPSA) is 138 Å². The van der Waals surface area contributed by atoms with Crippen molar-refractivity contribution in [3.05, 3.63) is 23.8 Å². The zero-order chi connectivity index (χ0) is 14.4. The van der Waals surface area contributed by atoms with Crippen LogP contribution in [-0.2, 0) is 0 Å². The smallest absolute Gasteiger partial charge is 0.278 e. The number of nitrogens with one attached hydrogen (secondary N) is 3. The number of carbonyl (C=O) groups excluding carboxylic acids is 1. The van der Waals surface area contributed by atoms with Crippen LogP contribution in [0.3, 0.4) is 0 Å². The van der Waals surface area contributed by atoms with Gasteiger partial charge in [-0.15, -0.1) is 0 Å². The molecule has 3 heterocycles. The molecular formula is C12H12N8O. The third kappa shape index (κ3) is 1.98. The van der Waals surface area contributed by atoms with E-state index in [2.05, 4.69) is 35.7 Å². The predicted molar refractivity (Wildman–Crippen MR) is 74.6 cm³/mol. The second-order valence-corrected chi connectivity index (χ2v) is 4.99. The number of aromatic nitrogens is 6. The van der Waals surface area contributed by atoms with Gasteiger partial charge in [-0.05, 0) is 12.8 Å². The molecule has 1 aliphatic rings. The molecule has 5 N–H and O–H groups in total. The van der Waals surface area contributed by atoms with Crippen molar-refractivity contribution in [2.45, 2.75) is 18.8 Å². The van der Waals surface area contributed by atoms with Gasteiger partial charge >= 0.3 is 0 Å². The minimum absolute atomic E-state index is 0.152. The molecule has 3 aromatic heterocycles. The van der Waals surface area contributed by atoms with Crippen molar-refractivity contribution in [3.8, 4) is 0 Å². The fraction of sp³-hybridized carbons (Fsp3) is 0.250. The molecule has 1 amide bonds. The van der Waals surface area contributed by atoms with Gasteiger partial charge in [0, 0.05) is 17.7 Å². The van der Waals surface area contributed by atoms with Crippen LogP contribution in [0.2, 0.25) is 0 Å². The van der Waals surface area contributed by atoms with Gasteiger partial charge in [0.1, 0.15) is 12.1 Å². The molecule has 9 nitrogen and oxygen atoms in total. The van der Waals surface area contributed by atoms with Gasteiger partial charge in [0.05, 0.1) is 5.39 Å². The molecule has 1 fully saturated rings. The SMILES string of the molecule is Nc1ncnc2[nH]nc(C(=O)Nc3cc(C4CC4)[nH]n3)c12. The molecule has 106 valence electrons. The van der Waals surface area contributed by atoms with E-state index in [1.165, 1.54) is 6.33 Å². The van der Waals surface area contributed by atoms with Crippen molar-refractivity contribution in [1.82, 2.24) is 30.4 Å². The van der Waals surface area contributed by atoms with Crippen LogP contribution >= 0.6 is 0 Å². The molecule has 0 radical (unpaired) electrons. The summed E-state index contributed by atoms with van der Waals surface area (Å²) in [6, 6.07) is 1.84. The van der Waals surface area contributed by atoms with E-state index in [0.717, 1.165) is 18.5 Å². The fourth-order valence-electron chi connectivity index (χ4n) is 2.23. The zero-order valence-electron chi connectivity index (χ0n) is 10.9. The Hall–Kier alpha value is -2.97. The van der Waals surface area contributed by atoms with Gasteiger partial charge in [0.15, 0.2) is 17.2 Å². The van der Waals surface area contributed by atoms with E-state index in [1.807, 2.05) is 6.07 Å². The highest BCUT2D eigenvalue weighted by atomic mass is 16.2. The molecule has 4 rings (SSSR count). The number of hydrogen-bond donors (Lipinski definition) is 4. The number of nitrogens with zero attached hydrogens (tertiary/aromatic N) is 4. The van der Waals surface area contributed by atoms with Gasteiger partial charge in [0.25, 0.3) is 5.91 Å². The standard InChI is InChI=1S/C12H12N8O/c13-10-8-9(19-20-11(8)15-4-14-10)12(21)16-7-3-6(17-18-7)5-1-2-5/h3-5H,1-2H2,(H2,16,17,18,21)(H3,13,14,15,19,20). The Labute approximate surface area is 118 Å². The van der Waals surface area contributed by atoms with Gasteiger partial charge in [-0.1, -0.05) is 0 Å². The molecule has 1 saturated carbocycles. The van der Waals surface area contributed by atoms with Crippen LogP contribution in [0.25, 0.3) is 11.0 Å². The lowest BCUT2D eigenvalue weighted by atomic mass is 10.2. The number of anilines is 2. The maximum Gasteiger partial charge on any atom is 0.278 e. The van der Waals surface area contributed by atoms with Crippen LogP contribution in [-0.4, -0.2) is 36.3 Å². The summed E-state index contributed by atoms with van der Waals surface area (Å²) in [4.78, 5) is 20.1. The first-order valence-corrected chi connectivity index (χ1v) is 6.53. The highest BCUT2D eigenvalue weighted by molar-refractivity contribution is 6.12. The molecule has 9 heteroatoms. The zero-order valence-corrected chi connectivity index (χ0v) is 10.9. The Morgan fingerprint density at radius 3 is 2.95 bits per heavy atom. The quantitative estimate of drug-likeness (QED) is 0.560. The Bertz CT molecular complexity index is 831. The second kappa shape index (κ2) is 4.27. The number of amides is 1. The molecule has 21 heavy (non-hydrogen) atoms. The molecular weight excluding hydrogens is 272 g/mol. The second-order valence-electron chi connectivity index (χ2n) is 4.99. The van der Waals surface area contributed by atoms with Gasteiger partial charge in [0.2, 0.25) is 0 Å². The minimum atomic E-state index is -0.406.